The van der Waals surface area contributed by atoms with Crippen LogP contribution in [0.1, 0.15) is 13.8 Å². The zero-order valence-corrected chi connectivity index (χ0v) is 11.2. The maximum absolute atomic E-state index is 5.74. The highest BCUT2D eigenvalue weighted by molar-refractivity contribution is 5.80. The van der Waals surface area contributed by atoms with Gasteiger partial charge in [0, 0.05) is 11.3 Å². The zero-order chi connectivity index (χ0) is 13.7. The smallest absolute Gasteiger partial charge is 0.0914 e. The van der Waals surface area contributed by atoms with E-state index >= 15 is 0 Å². The fourth-order valence-corrected chi connectivity index (χ4v) is 1.78. The molecule has 19 heavy (non-hydrogen) atoms. The molecule has 0 aliphatic carbocycles. The van der Waals surface area contributed by atoms with Crippen molar-refractivity contribution in [3.63, 3.8) is 0 Å². The second-order valence-electron chi connectivity index (χ2n) is 3.87. The van der Waals surface area contributed by atoms with E-state index in [2.05, 4.69) is 9.97 Å². The summed E-state index contributed by atoms with van der Waals surface area (Å²) in [5, 5.41) is 0. The Morgan fingerprint density at radius 1 is 0.895 bits per heavy atom. The molecule has 3 rings (SSSR count). The molecule has 0 aliphatic heterocycles. The van der Waals surface area contributed by atoms with E-state index in [1.165, 1.54) is 0 Å². The maximum atomic E-state index is 5.74. The van der Waals surface area contributed by atoms with Gasteiger partial charge >= 0.3 is 0 Å². The fraction of sp³-hybridized carbons (Fsp3) is 0.125. The van der Waals surface area contributed by atoms with Crippen molar-refractivity contribution in [1.82, 2.24) is 9.97 Å². The van der Waals surface area contributed by atoms with Crippen molar-refractivity contribution >= 4 is 16.7 Å². The normalized spacial score (nSPS) is 9.79. The van der Waals surface area contributed by atoms with Gasteiger partial charge in [0.25, 0.3) is 0 Å². The van der Waals surface area contributed by atoms with Gasteiger partial charge in [-0.3, -0.25) is 4.98 Å². The van der Waals surface area contributed by atoms with Gasteiger partial charge in [-0.2, -0.15) is 0 Å². The summed E-state index contributed by atoms with van der Waals surface area (Å²) in [6.07, 6.45) is 1.79. The van der Waals surface area contributed by atoms with E-state index in [-0.39, 0.29) is 0 Å². The number of nitrogens with two attached hydrogens (primary N) is 1. The Morgan fingerprint density at radius 2 is 1.63 bits per heavy atom. The molecule has 1 heterocycles. The molecule has 96 valence electrons. The molecular weight excluding hydrogens is 234 g/mol. The number of benzene rings is 2. The largest absolute Gasteiger partial charge is 0.399 e. The average Bonchev–Trinajstić information content (AvgIpc) is 2.49. The van der Waals surface area contributed by atoms with Crippen LogP contribution in [0.15, 0.2) is 54.7 Å². The van der Waals surface area contributed by atoms with Crippen LogP contribution in [0.2, 0.25) is 0 Å². The number of fused-ring (bicyclic) bond motifs is 1. The Hall–Kier alpha value is -2.42. The lowest BCUT2D eigenvalue weighted by Crippen LogP contribution is -1.90. The first-order valence-corrected chi connectivity index (χ1v) is 6.41. The van der Waals surface area contributed by atoms with Crippen LogP contribution in [0.25, 0.3) is 22.3 Å². The van der Waals surface area contributed by atoms with Gasteiger partial charge in [-0.15, -0.1) is 0 Å². The van der Waals surface area contributed by atoms with Crippen LogP contribution in [0.5, 0.6) is 0 Å². The Bertz CT molecular complexity index is 663. The van der Waals surface area contributed by atoms with Gasteiger partial charge in [-0.1, -0.05) is 44.2 Å². The standard InChI is InChI=1S/C14H11N3.C2H6/c15-11-6-7-12-13(8-11)17-14(9-16-12)10-4-2-1-3-5-10;1-2/h1-9H,15H2;1-2H3. The van der Waals surface area contributed by atoms with E-state index in [1.807, 2.05) is 62.4 Å². The van der Waals surface area contributed by atoms with Crippen molar-refractivity contribution in [3.05, 3.63) is 54.7 Å². The number of nitrogen functional groups attached to an aromatic ring is 1. The van der Waals surface area contributed by atoms with Crippen LogP contribution in [-0.2, 0) is 0 Å². The molecule has 0 unspecified atom stereocenters. The van der Waals surface area contributed by atoms with Crippen molar-refractivity contribution in [1.29, 1.82) is 0 Å². The van der Waals surface area contributed by atoms with Gasteiger partial charge in [-0.05, 0) is 18.2 Å². The highest BCUT2D eigenvalue weighted by Gasteiger charge is 2.02. The molecule has 3 aromatic rings. The minimum Gasteiger partial charge on any atom is -0.399 e. The van der Waals surface area contributed by atoms with Crippen molar-refractivity contribution in [2.24, 2.45) is 0 Å². The lowest BCUT2D eigenvalue weighted by Gasteiger charge is -2.03. The molecule has 0 saturated carbocycles. The van der Waals surface area contributed by atoms with Gasteiger partial charge in [-0.25, -0.2) is 4.98 Å². The molecule has 3 nitrogen and oxygen atoms in total. The van der Waals surface area contributed by atoms with Crippen molar-refractivity contribution < 1.29 is 0 Å². The molecule has 2 aromatic carbocycles. The second-order valence-corrected chi connectivity index (χ2v) is 3.87. The topological polar surface area (TPSA) is 51.8 Å². The van der Waals surface area contributed by atoms with Gasteiger partial charge in [0.05, 0.1) is 22.9 Å². The number of aromatic nitrogens is 2. The Labute approximate surface area is 113 Å². The number of rotatable bonds is 1. The van der Waals surface area contributed by atoms with Crippen molar-refractivity contribution in [3.8, 4) is 11.3 Å². The first-order valence-electron chi connectivity index (χ1n) is 6.41. The third kappa shape index (κ3) is 2.88. The summed E-state index contributed by atoms with van der Waals surface area (Å²) >= 11 is 0. The third-order valence-corrected chi connectivity index (χ3v) is 2.64. The highest BCUT2D eigenvalue weighted by Crippen LogP contribution is 2.19. The maximum Gasteiger partial charge on any atom is 0.0914 e. The molecular formula is C16H17N3. The highest BCUT2D eigenvalue weighted by atomic mass is 14.8. The van der Waals surface area contributed by atoms with Crippen LogP contribution < -0.4 is 5.73 Å². The molecule has 3 heteroatoms. The number of hydrogen-bond donors (Lipinski definition) is 1. The molecule has 0 radical (unpaired) electrons. The van der Waals surface area contributed by atoms with E-state index in [0.717, 1.165) is 22.3 Å². The van der Waals surface area contributed by atoms with E-state index in [9.17, 15) is 0 Å². The summed E-state index contributed by atoms with van der Waals surface area (Å²) in [6.45, 7) is 4.00. The fourth-order valence-electron chi connectivity index (χ4n) is 1.78. The van der Waals surface area contributed by atoms with Gasteiger partial charge in [0.2, 0.25) is 0 Å². The molecule has 0 fully saturated rings. The minimum atomic E-state index is 0.706. The molecule has 0 aliphatic rings. The molecule has 1 aromatic heterocycles. The molecule has 0 spiro atoms. The molecule has 0 amide bonds. The zero-order valence-electron chi connectivity index (χ0n) is 11.2. The SMILES string of the molecule is CC.Nc1ccc2ncc(-c3ccccc3)nc2c1. The average molecular weight is 251 g/mol. The van der Waals surface area contributed by atoms with Crippen LogP contribution >= 0.6 is 0 Å². The third-order valence-electron chi connectivity index (χ3n) is 2.64. The predicted octanol–water partition coefficient (Wildman–Crippen LogP) is 3.91. The number of hydrogen-bond acceptors (Lipinski definition) is 3. The summed E-state index contributed by atoms with van der Waals surface area (Å²) < 4.78 is 0. The van der Waals surface area contributed by atoms with Crippen molar-refractivity contribution in [2.45, 2.75) is 13.8 Å². The first kappa shape index (κ1) is 13.0. The van der Waals surface area contributed by atoms with Gasteiger partial charge in [0.1, 0.15) is 0 Å². The first-order chi connectivity index (χ1) is 9.33. The Kier molecular flexibility index (Phi) is 4.08. The van der Waals surface area contributed by atoms with E-state index in [1.54, 1.807) is 6.20 Å². The van der Waals surface area contributed by atoms with Crippen LogP contribution in [0, 0.1) is 0 Å². The minimum absolute atomic E-state index is 0.706. The monoisotopic (exact) mass is 251 g/mol. The summed E-state index contributed by atoms with van der Waals surface area (Å²) in [7, 11) is 0. The van der Waals surface area contributed by atoms with Crippen LogP contribution in [-0.4, -0.2) is 9.97 Å². The van der Waals surface area contributed by atoms with Gasteiger partial charge < -0.3 is 5.73 Å². The van der Waals surface area contributed by atoms with Crippen molar-refractivity contribution in [2.75, 3.05) is 5.73 Å². The number of nitrogens with zero attached hydrogens (tertiary/aromatic N) is 2. The van der Waals surface area contributed by atoms with E-state index in [0.29, 0.717) is 5.69 Å². The molecule has 0 bridgehead atoms. The predicted molar refractivity (Wildman–Crippen MR) is 80.7 cm³/mol. The number of anilines is 1. The summed E-state index contributed by atoms with van der Waals surface area (Å²) in [5.74, 6) is 0. The lowest BCUT2D eigenvalue weighted by molar-refractivity contribution is 1.29. The van der Waals surface area contributed by atoms with E-state index < -0.39 is 0 Å². The molecule has 0 saturated heterocycles. The van der Waals surface area contributed by atoms with E-state index in [4.69, 9.17) is 5.73 Å². The Balaban J connectivity index is 0.000000637. The molecule has 0 atom stereocenters. The Morgan fingerprint density at radius 3 is 2.37 bits per heavy atom. The quantitative estimate of drug-likeness (QED) is 0.667. The summed E-state index contributed by atoms with van der Waals surface area (Å²) in [5.41, 5.74) is 10.1. The second kappa shape index (κ2) is 5.96. The van der Waals surface area contributed by atoms with Crippen LogP contribution in [0.4, 0.5) is 5.69 Å². The van der Waals surface area contributed by atoms with Crippen LogP contribution in [0.3, 0.4) is 0 Å². The summed E-state index contributed by atoms with van der Waals surface area (Å²) in [4.78, 5) is 8.94. The lowest BCUT2D eigenvalue weighted by atomic mass is 10.1. The molecule has 2 N–H and O–H groups in total. The van der Waals surface area contributed by atoms with Gasteiger partial charge in [0.15, 0.2) is 0 Å². The summed E-state index contributed by atoms with van der Waals surface area (Å²) in [6, 6.07) is 15.5.